The van der Waals surface area contributed by atoms with Crippen molar-refractivity contribution in [1.82, 2.24) is 4.98 Å². The first-order valence-electron chi connectivity index (χ1n) is 6.70. The highest BCUT2D eigenvalue weighted by molar-refractivity contribution is 7.09. The monoisotopic (exact) mass is 305 g/mol. The minimum atomic E-state index is -0.847. The van der Waals surface area contributed by atoms with Gasteiger partial charge < -0.3 is 9.84 Å². The molecule has 0 aliphatic carbocycles. The number of methoxy groups -OCH3 is 1. The normalized spacial score (nSPS) is 11.4. The molecule has 0 saturated heterocycles. The molecular weight excluding hydrogens is 286 g/mol. The lowest BCUT2D eigenvalue weighted by Crippen LogP contribution is -2.20. The van der Waals surface area contributed by atoms with Gasteiger partial charge in [0.15, 0.2) is 0 Å². The van der Waals surface area contributed by atoms with Crippen LogP contribution in [0.15, 0.2) is 29.6 Å². The average Bonchev–Trinajstić information content (AvgIpc) is 2.88. The summed E-state index contributed by atoms with van der Waals surface area (Å²) in [6.07, 6.45) is 0.826. The number of carboxylic acids is 1. The van der Waals surface area contributed by atoms with Gasteiger partial charge in [-0.25, -0.2) is 4.98 Å². The van der Waals surface area contributed by atoms with E-state index in [4.69, 9.17) is 9.84 Å². The van der Waals surface area contributed by atoms with E-state index in [0.29, 0.717) is 5.69 Å². The topological polar surface area (TPSA) is 59.4 Å². The second kappa shape index (κ2) is 6.26. The van der Waals surface area contributed by atoms with E-state index < -0.39 is 5.97 Å². The van der Waals surface area contributed by atoms with Crippen molar-refractivity contribution in [3.8, 4) is 5.75 Å². The molecule has 0 bridgehead atoms. The molecule has 2 aromatic rings. The number of benzene rings is 1. The number of nitrogens with zero attached hydrogens (tertiary/aromatic N) is 1. The van der Waals surface area contributed by atoms with E-state index in [9.17, 15) is 4.79 Å². The van der Waals surface area contributed by atoms with Crippen LogP contribution in [0.3, 0.4) is 0 Å². The number of rotatable bonds is 6. The zero-order valence-electron chi connectivity index (χ0n) is 12.4. The van der Waals surface area contributed by atoms with Crippen LogP contribution in [-0.4, -0.2) is 23.2 Å². The van der Waals surface area contributed by atoms with Crippen molar-refractivity contribution >= 4 is 17.3 Å². The third-order valence-corrected chi connectivity index (χ3v) is 4.53. The van der Waals surface area contributed by atoms with Gasteiger partial charge in [-0.2, -0.15) is 0 Å². The molecule has 4 nitrogen and oxygen atoms in total. The fourth-order valence-corrected chi connectivity index (χ4v) is 3.13. The minimum absolute atomic E-state index is 0.0187. The summed E-state index contributed by atoms with van der Waals surface area (Å²) in [5, 5.41) is 11.6. The molecular formula is C16H19NO3S. The van der Waals surface area contributed by atoms with Crippen molar-refractivity contribution in [2.24, 2.45) is 0 Å². The molecule has 5 heteroatoms. The van der Waals surface area contributed by atoms with E-state index >= 15 is 0 Å². The molecule has 0 radical (unpaired) electrons. The first-order valence-corrected chi connectivity index (χ1v) is 7.58. The van der Waals surface area contributed by atoms with E-state index in [1.807, 2.05) is 29.6 Å². The Bertz CT molecular complexity index is 617. The summed E-state index contributed by atoms with van der Waals surface area (Å²) in [4.78, 5) is 15.2. The molecule has 2 rings (SSSR count). The summed E-state index contributed by atoms with van der Waals surface area (Å²) in [5.41, 5.74) is 1.71. The maximum Gasteiger partial charge on any atom is 0.309 e. The van der Waals surface area contributed by atoms with Gasteiger partial charge in [-0.3, -0.25) is 4.79 Å². The standard InChI is InChI=1S/C16H19NO3S/c1-16(2,9-11-4-6-13(20-3)7-5-11)15-17-12(10-21-15)8-14(18)19/h4-7,10H,8-9H2,1-3H3,(H,18,19). The highest BCUT2D eigenvalue weighted by Gasteiger charge is 2.25. The summed E-state index contributed by atoms with van der Waals surface area (Å²) in [6, 6.07) is 7.99. The Morgan fingerprint density at radius 1 is 1.33 bits per heavy atom. The number of aliphatic carboxylic acids is 1. The van der Waals surface area contributed by atoms with Gasteiger partial charge in [-0.15, -0.1) is 11.3 Å². The van der Waals surface area contributed by atoms with Crippen LogP contribution in [0.4, 0.5) is 0 Å². The second-order valence-electron chi connectivity index (χ2n) is 5.62. The minimum Gasteiger partial charge on any atom is -0.497 e. The van der Waals surface area contributed by atoms with E-state index in [-0.39, 0.29) is 11.8 Å². The molecule has 0 spiro atoms. The number of hydrogen-bond donors (Lipinski definition) is 1. The van der Waals surface area contributed by atoms with Crippen molar-refractivity contribution in [2.45, 2.75) is 32.1 Å². The number of carbonyl (C=O) groups is 1. The van der Waals surface area contributed by atoms with E-state index in [0.717, 1.165) is 17.2 Å². The Labute approximate surface area is 128 Å². The van der Waals surface area contributed by atoms with Crippen molar-refractivity contribution in [2.75, 3.05) is 7.11 Å². The van der Waals surface area contributed by atoms with Crippen LogP contribution in [0.2, 0.25) is 0 Å². The number of thiazole rings is 1. The number of ether oxygens (including phenoxy) is 1. The molecule has 1 N–H and O–H groups in total. The first kappa shape index (κ1) is 15.5. The van der Waals surface area contributed by atoms with Crippen LogP contribution >= 0.6 is 11.3 Å². The van der Waals surface area contributed by atoms with Crippen molar-refractivity contribution in [3.63, 3.8) is 0 Å². The predicted molar refractivity (Wildman–Crippen MR) is 83.2 cm³/mol. The van der Waals surface area contributed by atoms with Gasteiger partial charge >= 0.3 is 5.97 Å². The van der Waals surface area contributed by atoms with Crippen LogP contribution < -0.4 is 4.74 Å². The first-order chi connectivity index (χ1) is 9.90. The quantitative estimate of drug-likeness (QED) is 0.889. The smallest absolute Gasteiger partial charge is 0.309 e. The maximum atomic E-state index is 10.7. The maximum absolute atomic E-state index is 10.7. The molecule has 0 aliphatic rings. The van der Waals surface area contributed by atoms with Crippen LogP contribution in [0, 0.1) is 0 Å². The van der Waals surface area contributed by atoms with Gasteiger partial charge in [0, 0.05) is 10.8 Å². The lowest BCUT2D eigenvalue weighted by molar-refractivity contribution is -0.136. The Hall–Kier alpha value is -1.88. The fraction of sp³-hybridized carbons (Fsp3) is 0.375. The van der Waals surface area contributed by atoms with Gasteiger partial charge in [0.25, 0.3) is 0 Å². The molecule has 0 unspecified atom stereocenters. The van der Waals surface area contributed by atoms with Crippen LogP contribution in [0.5, 0.6) is 5.75 Å². The average molecular weight is 305 g/mol. The molecule has 0 amide bonds. The van der Waals surface area contributed by atoms with Crippen LogP contribution in [0.25, 0.3) is 0 Å². The van der Waals surface area contributed by atoms with Gasteiger partial charge in [-0.1, -0.05) is 26.0 Å². The third-order valence-electron chi connectivity index (χ3n) is 3.27. The largest absolute Gasteiger partial charge is 0.497 e. The zero-order valence-corrected chi connectivity index (χ0v) is 13.2. The third kappa shape index (κ3) is 4.04. The molecule has 0 fully saturated rings. The molecule has 0 atom stereocenters. The van der Waals surface area contributed by atoms with Crippen molar-refractivity contribution in [1.29, 1.82) is 0 Å². The van der Waals surface area contributed by atoms with E-state index in [1.165, 1.54) is 16.9 Å². The summed E-state index contributed by atoms with van der Waals surface area (Å²) >= 11 is 1.53. The van der Waals surface area contributed by atoms with Crippen LogP contribution in [0.1, 0.15) is 30.1 Å². The lowest BCUT2D eigenvalue weighted by atomic mass is 9.86. The SMILES string of the molecule is COc1ccc(CC(C)(C)c2nc(CC(=O)O)cs2)cc1. The van der Waals surface area contributed by atoms with Gasteiger partial charge in [0.05, 0.1) is 24.2 Å². The highest BCUT2D eigenvalue weighted by atomic mass is 32.1. The van der Waals surface area contributed by atoms with E-state index in [2.05, 4.69) is 18.8 Å². The highest BCUT2D eigenvalue weighted by Crippen LogP contribution is 2.30. The number of hydrogen-bond acceptors (Lipinski definition) is 4. The number of aromatic nitrogens is 1. The molecule has 1 heterocycles. The summed E-state index contributed by atoms with van der Waals surface area (Å²) in [6.45, 7) is 4.25. The predicted octanol–water partition coefficient (Wildman–Crippen LogP) is 3.30. The van der Waals surface area contributed by atoms with Crippen LogP contribution in [-0.2, 0) is 23.1 Å². The van der Waals surface area contributed by atoms with Gasteiger partial charge in [0.2, 0.25) is 0 Å². The summed E-state index contributed by atoms with van der Waals surface area (Å²) in [7, 11) is 1.65. The summed E-state index contributed by atoms with van der Waals surface area (Å²) in [5.74, 6) is -0.00522. The van der Waals surface area contributed by atoms with Gasteiger partial charge in [0.1, 0.15) is 5.75 Å². The van der Waals surface area contributed by atoms with Crippen molar-refractivity contribution < 1.29 is 14.6 Å². The second-order valence-corrected chi connectivity index (χ2v) is 6.48. The fourth-order valence-electron chi connectivity index (χ4n) is 2.18. The van der Waals surface area contributed by atoms with E-state index in [1.54, 1.807) is 7.11 Å². The molecule has 0 aliphatic heterocycles. The number of carboxylic acid groups (broad SMARTS) is 1. The molecule has 1 aromatic carbocycles. The van der Waals surface area contributed by atoms with Gasteiger partial charge in [-0.05, 0) is 24.1 Å². The molecule has 0 saturated carbocycles. The molecule has 21 heavy (non-hydrogen) atoms. The molecule has 112 valence electrons. The Kier molecular flexibility index (Phi) is 4.63. The lowest BCUT2D eigenvalue weighted by Gasteiger charge is -2.22. The Morgan fingerprint density at radius 3 is 2.57 bits per heavy atom. The Morgan fingerprint density at radius 2 is 2.00 bits per heavy atom. The zero-order chi connectivity index (χ0) is 15.5. The Balaban J connectivity index is 2.12. The molecule has 1 aromatic heterocycles. The van der Waals surface area contributed by atoms with Crippen molar-refractivity contribution in [3.05, 3.63) is 45.9 Å². The summed E-state index contributed by atoms with van der Waals surface area (Å²) < 4.78 is 5.16.